The molecule has 0 fully saturated rings. The third-order valence-electron chi connectivity index (χ3n) is 3.50. The fourth-order valence-electron chi connectivity index (χ4n) is 2.48. The minimum absolute atomic E-state index is 0.258. The molecular formula is C16H10ClFN2O. The van der Waals surface area contributed by atoms with Crippen LogP contribution >= 0.6 is 11.6 Å². The first kappa shape index (κ1) is 13.6. The minimum Gasteiger partial charge on any atom is -0.314 e. The van der Waals surface area contributed by atoms with Gasteiger partial charge < -0.3 is 4.90 Å². The van der Waals surface area contributed by atoms with Crippen LogP contribution in [0, 0.1) is 17.1 Å². The van der Waals surface area contributed by atoms with Crippen molar-refractivity contribution < 1.29 is 9.18 Å². The molecule has 1 heterocycles. The summed E-state index contributed by atoms with van der Waals surface area (Å²) in [5, 5.41) is 9.93. The van der Waals surface area contributed by atoms with E-state index in [4.69, 9.17) is 11.6 Å². The van der Waals surface area contributed by atoms with Gasteiger partial charge in [-0.2, -0.15) is 5.26 Å². The maximum Gasteiger partial charge on any atom is 0.255 e. The van der Waals surface area contributed by atoms with Crippen molar-refractivity contribution in [3.05, 3.63) is 70.0 Å². The average Bonchev–Trinajstić information content (AvgIpc) is 2.73. The van der Waals surface area contributed by atoms with Crippen LogP contribution in [0.15, 0.2) is 42.5 Å². The van der Waals surface area contributed by atoms with Crippen LogP contribution in [-0.4, -0.2) is 10.8 Å². The molecule has 2 aromatic rings. The number of benzene rings is 2. The van der Waals surface area contributed by atoms with Crippen LogP contribution in [-0.2, 0) is 6.54 Å². The zero-order valence-corrected chi connectivity index (χ0v) is 11.6. The summed E-state index contributed by atoms with van der Waals surface area (Å²) in [7, 11) is 0. The molecule has 5 heteroatoms. The van der Waals surface area contributed by atoms with E-state index < -0.39 is 11.9 Å². The second-order valence-corrected chi connectivity index (χ2v) is 5.26. The van der Waals surface area contributed by atoms with Crippen LogP contribution in [0.1, 0.15) is 27.5 Å². The number of nitriles is 1. The van der Waals surface area contributed by atoms with Gasteiger partial charge in [-0.3, -0.25) is 4.79 Å². The SMILES string of the molecule is N#CC1c2cc(F)ccc2C(=O)N1Cc1ccc(Cl)cc1. The first-order valence-electron chi connectivity index (χ1n) is 6.34. The van der Waals surface area contributed by atoms with Crippen molar-refractivity contribution >= 4 is 17.5 Å². The van der Waals surface area contributed by atoms with Gasteiger partial charge in [0.05, 0.1) is 6.07 Å². The van der Waals surface area contributed by atoms with E-state index in [1.807, 2.05) is 0 Å². The molecule has 3 nitrogen and oxygen atoms in total. The highest BCUT2D eigenvalue weighted by atomic mass is 35.5. The van der Waals surface area contributed by atoms with E-state index in [1.54, 1.807) is 24.3 Å². The molecule has 2 aromatic carbocycles. The van der Waals surface area contributed by atoms with Gasteiger partial charge in [-0.1, -0.05) is 23.7 Å². The summed E-state index contributed by atoms with van der Waals surface area (Å²) < 4.78 is 13.3. The number of carbonyl (C=O) groups is 1. The molecule has 3 rings (SSSR count). The summed E-state index contributed by atoms with van der Waals surface area (Å²) in [5.74, 6) is -0.707. The van der Waals surface area contributed by atoms with Crippen molar-refractivity contribution in [3.63, 3.8) is 0 Å². The Morgan fingerprint density at radius 3 is 2.62 bits per heavy atom. The van der Waals surface area contributed by atoms with Crippen molar-refractivity contribution in [1.29, 1.82) is 5.26 Å². The van der Waals surface area contributed by atoms with Gasteiger partial charge in [0, 0.05) is 22.7 Å². The number of amides is 1. The van der Waals surface area contributed by atoms with E-state index in [0.29, 0.717) is 16.1 Å². The molecule has 0 bridgehead atoms. The van der Waals surface area contributed by atoms with E-state index in [2.05, 4.69) is 6.07 Å². The Kier molecular flexibility index (Phi) is 3.36. The molecule has 1 aliphatic rings. The molecule has 0 spiro atoms. The first-order chi connectivity index (χ1) is 10.1. The monoisotopic (exact) mass is 300 g/mol. The van der Waals surface area contributed by atoms with E-state index in [1.165, 1.54) is 23.1 Å². The van der Waals surface area contributed by atoms with E-state index >= 15 is 0 Å². The van der Waals surface area contributed by atoms with Crippen LogP contribution in [0.5, 0.6) is 0 Å². The van der Waals surface area contributed by atoms with Crippen LogP contribution in [0.3, 0.4) is 0 Å². The molecule has 0 aromatic heterocycles. The number of nitrogens with zero attached hydrogens (tertiary/aromatic N) is 2. The topological polar surface area (TPSA) is 44.1 Å². The summed E-state index contributed by atoms with van der Waals surface area (Å²) >= 11 is 5.83. The predicted molar refractivity (Wildman–Crippen MR) is 76.1 cm³/mol. The van der Waals surface area contributed by atoms with Crippen molar-refractivity contribution in [1.82, 2.24) is 4.90 Å². The van der Waals surface area contributed by atoms with Gasteiger partial charge in [-0.05, 0) is 35.9 Å². The summed E-state index contributed by atoms with van der Waals surface area (Å²) in [6.45, 7) is 0.282. The van der Waals surface area contributed by atoms with Crippen molar-refractivity contribution in [2.24, 2.45) is 0 Å². The zero-order valence-electron chi connectivity index (χ0n) is 10.9. The average molecular weight is 301 g/mol. The lowest BCUT2D eigenvalue weighted by Crippen LogP contribution is -2.26. The van der Waals surface area contributed by atoms with Crippen LogP contribution in [0.4, 0.5) is 4.39 Å². The third-order valence-corrected chi connectivity index (χ3v) is 3.75. The summed E-state index contributed by atoms with van der Waals surface area (Å²) in [4.78, 5) is 13.8. The van der Waals surface area contributed by atoms with Gasteiger partial charge in [0.15, 0.2) is 0 Å². The Morgan fingerprint density at radius 2 is 1.95 bits per heavy atom. The highest BCUT2D eigenvalue weighted by Gasteiger charge is 2.36. The molecule has 1 aliphatic heterocycles. The molecule has 0 saturated carbocycles. The first-order valence-corrected chi connectivity index (χ1v) is 6.72. The van der Waals surface area contributed by atoms with Gasteiger partial charge in [-0.25, -0.2) is 4.39 Å². The van der Waals surface area contributed by atoms with Crippen LogP contribution < -0.4 is 0 Å². The van der Waals surface area contributed by atoms with E-state index in [0.717, 1.165) is 5.56 Å². The normalized spacial score (nSPS) is 16.7. The van der Waals surface area contributed by atoms with Crippen molar-refractivity contribution in [3.8, 4) is 6.07 Å². The second kappa shape index (κ2) is 5.19. The lowest BCUT2D eigenvalue weighted by Gasteiger charge is -2.20. The summed E-state index contributed by atoms with van der Waals surface area (Å²) in [6, 6.07) is 12.3. The molecule has 104 valence electrons. The van der Waals surface area contributed by atoms with Crippen LogP contribution in [0.2, 0.25) is 5.02 Å². The molecular weight excluding hydrogens is 291 g/mol. The Balaban J connectivity index is 1.95. The molecule has 1 unspecified atom stereocenters. The molecule has 0 saturated heterocycles. The van der Waals surface area contributed by atoms with Gasteiger partial charge in [0.1, 0.15) is 11.9 Å². The second-order valence-electron chi connectivity index (χ2n) is 4.82. The highest BCUT2D eigenvalue weighted by molar-refractivity contribution is 6.30. The number of carbonyl (C=O) groups excluding carboxylic acids is 1. The Morgan fingerprint density at radius 1 is 1.24 bits per heavy atom. The Labute approximate surface area is 126 Å². The van der Waals surface area contributed by atoms with E-state index in [-0.39, 0.29) is 12.5 Å². The molecule has 0 aliphatic carbocycles. The maximum atomic E-state index is 13.3. The Hall–Kier alpha value is -2.38. The standard InChI is InChI=1S/C16H10ClFN2O/c17-11-3-1-10(2-4-11)9-20-15(8-19)14-7-12(18)5-6-13(14)16(20)21/h1-7,15H,9H2. The lowest BCUT2D eigenvalue weighted by atomic mass is 10.1. The van der Waals surface area contributed by atoms with Crippen LogP contribution in [0.25, 0.3) is 0 Å². The smallest absolute Gasteiger partial charge is 0.255 e. The maximum absolute atomic E-state index is 13.3. The predicted octanol–water partition coefficient (Wildman–Crippen LogP) is 3.70. The minimum atomic E-state index is -0.765. The number of hydrogen-bond donors (Lipinski definition) is 0. The van der Waals surface area contributed by atoms with Crippen molar-refractivity contribution in [2.75, 3.05) is 0 Å². The number of halogens is 2. The zero-order chi connectivity index (χ0) is 15.0. The fraction of sp³-hybridized carbons (Fsp3) is 0.125. The lowest BCUT2D eigenvalue weighted by molar-refractivity contribution is 0.0744. The summed E-state index contributed by atoms with van der Waals surface area (Å²) in [6.07, 6.45) is 0. The van der Waals surface area contributed by atoms with E-state index in [9.17, 15) is 14.4 Å². The number of fused-ring (bicyclic) bond motifs is 1. The number of hydrogen-bond acceptors (Lipinski definition) is 2. The van der Waals surface area contributed by atoms with Crippen molar-refractivity contribution in [2.45, 2.75) is 12.6 Å². The van der Waals surface area contributed by atoms with Gasteiger partial charge >= 0.3 is 0 Å². The molecule has 0 N–H and O–H groups in total. The third kappa shape index (κ3) is 2.37. The quantitative estimate of drug-likeness (QED) is 0.849. The largest absolute Gasteiger partial charge is 0.314 e. The fourth-order valence-corrected chi connectivity index (χ4v) is 2.61. The van der Waals surface area contributed by atoms with Gasteiger partial charge in [0.2, 0.25) is 0 Å². The Bertz CT molecular complexity index is 752. The molecule has 0 radical (unpaired) electrons. The summed E-state index contributed by atoms with van der Waals surface area (Å²) in [5.41, 5.74) is 1.68. The highest BCUT2D eigenvalue weighted by Crippen LogP contribution is 2.34. The number of rotatable bonds is 2. The van der Waals surface area contributed by atoms with Gasteiger partial charge in [0.25, 0.3) is 5.91 Å². The van der Waals surface area contributed by atoms with Gasteiger partial charge in [-0.15, -0.1) is 0 Å². The molecule has 21 heavy (non-hydrogen) atoms. The molecule has 1 amide bonds. The molecule has 1 atom stereocenters.